The molecule has 2 aromatic rings. The molecule has 0 saturated carbocycles. The minimum absolute atomic E-state index is 0.0597. The second kappa shape index (κ2) is 8.59. The molecule has 0 heterocycles. The number of esters is 1. The normalized spacial score (nSPS) is 12.2. The Labute approximate surface area is 152 Å². The van der Waals surface area contributed by atoms with Crippen LogP contribution >= 0.6 is 0 Å². The molecule has 138 valence electrons. The van der Waals surface area contributed by atoms with Crippen molar-refractivity contribution in [3.63, 3.8) is 0 Å². The highest BCUT2D eigenvalue weighted by atomic mass is 32.2. The van der Waals surface area contributed by atoms with E-state index in [9.17, 15) is 18.0 Å². The first kappa shape index (κ1) is 19.6. The van der Waals surface area contributed by atoms with Gasteiger partial charge in [-0.25, -0.2) is 13.6 Å². The lowest BCUT2D eigenvalue weighted by Gasteiger charge is -2.14. The summed E-state index contributed by atoms with van der Waals surface area (Å²) in [5.41, 5.74) is 1.20. The number of hydrogen-bond acceptors (Lipinski definition) is 5. The van der Waals surface area contributed by atoms with E-state index in [1.165, 1.54) is 24.3 Å². The standard InChI is InChI=1S/C18H20N2O5S/c1-2-16(13-6-4-3-5-7-13)18(22)25-12-17(21)20-14-8-10-15(11-9-14)26(19,23)24/h3-11,16H,2,12H2,1H3,(H,20,21)(H2,19,23,24). The molecule has 0 spiro atoms. The Balaban J connectivity index is 1.91. The first-order valence-electron chi connectivity index (χ1n) is 7.95. The molecule has 8 heteroatoms. The van der Waals surface area contributed by atoms with Crippen LogP contribution in [0.1, 0.15) is 24.8 Å². The van der Waals surface area contributed by atoms with E-state index in [0.29, 0.717) is 12.1 Å². The van der Waals surface area contributed by atoms with Crippen molar-refractivity contribution in [2.75, 3.05) is 11.9 Å². The fraction of sp³-hybridized carbons (Fsp3) is 0.222. The number of primary sulfonamides is 1. The van der Waals surface area contributed by atoms with Crippen LogP contribution in [0.25, 0.3) is 0 Å². The minimum atomic E-state index is -3.79. The molecule has 0 aliphatic rings. The van der Waals surface area contributed by atoms with Crippen LogP contribution in [0, 0.1) is 0 Å². The van der Waals surface area contributed by atoms with Crippen LogP contribution < -0.4 is 10.5 Å². The van der Waals surface area contributed by atoms with Crippen molar-refractivity contribution in [1.29, 1.82) is 0 Å². The number of rotatable bonds is 7. The van der Waals surface area contributed by atoms with Gasteiger partial charge in [0.15, 0.2) is 6.61 Å². The number of nitrogens with one attached hydrogen (secondary N) is 1. The maximum atomic E-state index is 12.2. The predicted octanol–water partition coefficient (Wildman–Crippen LogP) is 2.01. The number of ether oxygens (including phenoxy) is 1. The summed E-state index contributed by atoms with van der Waals surface area (Å²) in [6, 6.07) is 14.6. The van der Waals surface area contributed by atoms with Gasteiger partial charge in [0.05, 0.1) is 10.8 Å². The second-order valence-electron chi connectivity index (χ2n) is 5.60. The molecule has 0 bridgehead atoms. The van der Waals surface area contributed by atoms with Crippen LogP contribution in [-0.4, -0.2) is 26.9 Å². The fourth-order valence-electron chi connectivity index (χ4n) is 2.39. The summed E-state index contributed by atoms with van der Waals surface area (Å²) < 4.78 is 27.5. The van der Waals surface area contributed by atoms with Gasteiger partial charge in [-0.2, -0.15) is 0 Å². The third kappa shape index (κ3) is 5.40. The molecular weight excluding hydrogens is 356 g/mol. The fourth-order valence-corrected chi connectivity index (χ4v) is 2.90. The van der Waals surface area contributed by atoms with Crippen molar-refractivity contribution in [1.82, 2.24) is 0 Å². The summed E-state index contributed by atoms with van der Waals surface area (Å²) in [6.45, 7) is 1.44. The van der Waals surface area contributed by atoms with Crippen LogP contribution in [0.5, 0.6) is 0 Å². The zero-order chi connectivity index (χ0) is 19.2. The molecule has 2 rings (SSSR count). The van der Waals surface area contributed by atoms with E-state index in [0.717, 1.165) is 5.56 Å². The number of nitrogens with two attached hydrogens (primary N) is 1. The summed E-state index contributed by atoms with van der Waals surface area (Å²) in [7, 11) is -3.79. The maximum absolute atomic E-state index is 12.2. The average molecular weight is 376 g/mol. The number of anilines is 1. The molecule has 0 saturated heterocycles. The van der Waals surface area contributed by atoms with Crippen LogP contribution in [0.2, 0.25) is 0 Å². The Hall–Kier alpha value is -2.71. The molecular formula is C18H20N2O5S. The Bertz CT molecular complexity index is 864. The van der Waals surface area contributed by atoms with Crippen molar-refractivity contribution in [3.8, 4) is 0 Å². The molecule has 0 aliphatic carbocycles. The van der Waals surface area contributed by atoms with Gasteiger partial charge >= 0.3 is 5.97 Å². The third-order valence-corrected chi connectivity index (χ3v) is 4.64. The zero-order valence-electron chi connectivity index (χ0n) is 14.2. The van der Waals surface area contributed by atoms with E-state index in [2.05, 4.69) is 5.32 Å². The Morgan fingerprint density at radius 1 is 1.08 bits per heavy atom. The Morgan fingerprint density at radius 3 is 2.23 bits per heavy atom. The van der Waals surface area contributed by atoms with Crippen molar-refractivity contribution in [2.45, 2.75) is 24.2 Å². The van der Waals surface area contributed by atoms with Crippen LogP contribution in [0.3, 0.4) is 0 Å². The van der Waals surface area contributed by atoms with E-state index in [4.69, 9.17) is 9.88 Å². The largest absolute Gasteiger partial charge is 0.455 e. The monoisotopic (exact) mass is 376 g/mol. The molecule has 3 N–H and O–H groups in total. The van der Waals surface area contributed by atoms with E-state index in [1.807, 2.05) is 37.3 Å². The average Bonchev–Trinajstić information content (AvgIpc) is 2.61. The zero-order valence-corrected chi connectivity index (χ0v) is 15.0. The highest BCUT2D eigenvalue weighted by molar-refractivity contribution is 7.89. The minimum Gasteiger partial charge on any atom is -0.455 e. The predicted molar refractivity (Wildman–Crippen MR) is 96.9 cm³/mol. The quantitative estimate of drug-likeness (QED) is 0.717. The highest BCUT2D eigenvalue weighted by Gasteiger charge is 2.21. The number of carbonyl (C=O) groups excluding carboxylic acids is 2. The molecule has 1 amide bonds. The molecule has 0 aromatic heterocycles. The van der Waals surface area contributed by atoms with Gasteiger partial charge < -0.3 is 10.1 Å². The molecule has 0 aliphatic heterocycles. The summed E-state index contributed by atoms with van der Waals surface area (Å²) in [5, 5.41) is 7.53. The maximum Gasteiger partial charge on any atom is 0.313 e. The first-order chi connectivity index (χ1) is 12.3. The molecule has 0 fully saturated rings. The van der Waals surface area contributed by atoms with Crippen molar-refractivity contribution < 1.29 is 22.7 Å². The van der Waals surface area contributed by atoms with E-state index in [-0.39, 0.29) is 4.90 Å². The van der Waals surface area contributed by atoms with E-state index >= 15 is 0 Å². The lowest BCUT2D eigenvalue weighted by atomic mass is 9.97. The molecule has 1 atom stereocenters. The lowest BCUT2D eigenvalue weighted by molar-refractivity contribution is -0.149. The summed E-state index contributed by atoms with van der Waals surface area (Å²) in [4.78, 5) is 24.1. The summed E-state index contributed by atoms with van der Waals surface area (Å²) in [6.07, 6.45) is 0.555. The molecule has 26 heavy (non-hydrogen) atoms. The van der Waals surface area contributed by atoms with Crippen LogP contribution in [0.15, 0.2) is 59.5 Å². The molecule has 1 unspecified atom stereocenters. The van der Waals surface area contributed by atoms with Gasteiger partial charge in [-0.15, -0.1) is 0 Å². The van der Waals surface area contributed by atoms with Gasteiger partial charge in [0.2, 0.25) is 10.0 Å². The van der Waals surface area contributed by atoms with Gasteiger partial charge in [-0.05, 0) is 36.2 Å². The summed E-state index contributed by atoms with van der Waals surface area (Å²) >= 11 is 0. The van der Waals surface area contributed by atoms with Gasteiger partial charge in [-0.3, -0.25) is 9.59 Å². The van der Waals surface area contributed by atoms with Gasteiger partial charge in [0.1, 0.15) is 0 Å². The topological polar surface area (TPSA) is 116 Å². The SMILES string of the molecule is CCC(C(=O)OCC(=O)Nc1ccc(S(N)(=O)=O)cc1)c1ccccc1. The number of benzene rings is 2. The molecule has 7 nitrogen and oxygen atoms in total. The molecule has 2 aromatic carbocycles. The van der Waals surface area contributed by atoms with Gasteiger partial charge in [-0.1, -0.05) is 37.3 Å². The molecule has 0 radical (unpaired) electrons. The Kier molecular flexibility index (Phi) is 6.48. The smallest absolute Gasteiger partial charge is 0.313 e. The first-order valence-corrected chi connectivity index (χ1v) is 9.50. The van der Waals surface area contributed by atoms with Crippen molar-refractivity contribution in [3.05, 3.63) is 60.2 Å². The van der Waals surface area contributed by atoms with Crippen molar-refractivity contribution >= 4 is 27.6 Å². The van der Waals surface area contributed by atoms with Gasteiger partial charge in [0, 0.05) is 5.69 Å². The van der Waals surface area contributed by atoms with Crippen LogP contribution in [0.4, 0.5) is 5.69 Å². The highest BCUT2D eigenvalue weighted by Crippen LogP contribution is 2.20. The lowest BCUT2D eigenvalue weighted by Crippen LogP contribution is -2.24. The second-order valence-corrected chi connectivity index (χ2v) is 7.16. The number of carbonyl (C=O) groups is 2. The summed E-state index contributed by atoms with van der Waals surface area (Å²) in [5.74, 6) is -1.43. The number of sulfonamides is 1. The van der Waals surface area contributed by atoms with Gasteiger partial charge in [0.25, 0.3) is 5.91 Å². The van der Waals surface area contributed by atoms with E-state index < -0.39 is 34.4 Å². The number of amides is 1. The third-order valence-electron chi connectivity index (χ3n) is 3.71. The number of hydrogen-bond donors (Lipinski definition) is 2. The van der Waals surface area contributed by atoms with Crippen molar-refractivity contribution in [2.24, 2.45) is 5.14 Å². The van der Waals surface area contributed by atoms with Crippen LogP contribution in [-0.2, 0) is 24.3 Å². The Morgan fingerprint density at radius 2 is 1.69 bits per heavy atom. The van der Waals surface area contributed by atoms with E-state index in [1.54, 1.807) is 0 Å².